The fourth-order valence-corrected chi connectivity index (χ4v) is 1.62. The molecule has 0 fully saturated rings. The lowest BCUT2D eigenvalue weighted by atomic mass is 10.5. The number of nitrogens with zero attached hydrogens (tertiary/aromatic N) is 2. The Labute approximate surface area is 89.2 Å². The van der Waals surface area contributed by atoms with Crippen molar-refractivity contribution in [3.63, 3.8) is 0 Å². The summed E-state index contributed by atoms with van der Waals surface area (Å²) in [6.45, 7) is 0. The van der Waals surface area contributed by atoms with Crippen LogP contribution in [-0.4, -0.2) is 21.6 Å². The van der Waals surface area contributed by atoms with E-state index in [2.05, 4.69) is 9.97 Å². The van der Waals surface area contributed by atoms with Crippen molar-refractivity contribution >= 4 is 28.9 Å². The van der Waals surface area contributed by atoms with Gasteiger partial charge in [0.15, 0.2) is 11.2 Å². The van der Waals surface area contributed by atoms with Gasteiger partial charge in [-0.3, -0.25) is 10.2 Å². The summed E-state index contributed by atoms with van der Waals surface area (Å²) in [6.07, 6.45) is 1.63. The van der Waals surface area contributed by atoms with Gasteiger partial charge in [0.1, 0.15) is 0 Å². The zero-order valence-corrected chi connectivity index (χ0v) is 8.45. The van der Waals surface area contributed by atoms with Gasteiger partial charge in [0.05, 0.1) is 5.75 Å². The van der Waals surface area contributed by atoms with Crippen LogP contribution in [0.5, 0.6) is 0 Å². The van der Waals surface area contributed by atoms with Crippen molar-refractivity contribution in [3.8, 4) is 0 Å². The van der Waals surface area contributed by atoms with Crippen LogP contribution < -0.4 is 11.3 Å². The number of hydrogen-bond acceptors (Lipinski definition) is 6. The number of fused-ring (bicyclic) bond motifs is 1. The van der Waals surface area contributed by atoms with Crippen LogP contribution in [0.2, 0.25) is 0 Å². The SMILES string of the molecule is NNC(=O)CSc1nc2ncccc2o1. The second-order valence-electron chi connectivity index (χ2n) is 2.66. The molecule has 0 bridgehead atoms. The third kappa shape index (κ3) is 2.25. The van der Waals surface area contributed by atoms with Crippen LogP contribution in [0.1, 0.15) is 0 Å². The van der Waals surface area contributed by atoms with Crippen LogP contribution >= 0.6 is 11.8 Å². The molecule has 0 aromatic carbocycles. The number of hydrazine groups is 1. The highest BCUT2D eigenvalue weighted by Crippen LogP contribution is 2.21. The molecule has 2 aromatic rings. The molecule has 15 heavy (non-hydrogen) atoms. The molecule has 1 amide bonds. The highest BCUT2D eigenvalue weighted by Gasteiger charge is 2.08. The summed E-state index contributed by atoms with van der Waals surface area (Å²) in [5.74, 6) is 4.82. The predicted molar refractivity (Wildman–Crippen MR) is 54.9 cm³/mol. The lowest BCUT2D eigenvalue weighted by Crippen LogP contribution is -2.31. The quantitative estimate of drug-likeness (QED) is 0.337. The van der Waals surface area contributed by atoms with Crippen LogP contribution in [0.15, 0.2) is 28.0 Å². The summed E-state index contributed by atoms with van der Waals surface area (Å²) in [6, 6.07) is 3.52. The standard InChI is InChI=1S/C8H8N4O2S/c9-12-6(13)4-15-8-11-7-5(14-8)2-1-3-10-7/h1-3H,4,9H2,(H,12,13). The molecule has 7 heteroatoms. The molecule has 0 unspecified atom stereocenters. The van der Waals surface area contributed by atoms with Gasteiger partial charge >= 0.3 is 0 Å². The van der Waals surface area contributed by atoms with E-state index < -0.39 is 0 Å². The van der Waals surface area contributed by atoms with E-state index in [9.17, 15) is 4.79 Å². The van der Waals surface area contributed by atoms with Gasteiger partial charge in [0.25, 0.3) is 5.22 Å². The Morgan fingerprint density at radius 1 is 1.67 bits per heavy atom. The predicted octanol–water partition coefficient (Wildman–Crippen LogP) is 0.305. The Morgan fingerprint density at radius 2 is 2.53 bits per heavy atom. The van der Waals surface area contributed by atoms with Gasteiger partial charge in [0.2, 0.25) is 5.91 Å². The zero-order valence-electron chi connectivity index (χ0n) is 7.64. The Kier molecular flexibility index (Phi) is 2.84. The molecule has 6 nitrogen and oxygen atoms in total. The van der Waals surface area contributed by atoms with E-state index in [-0.39, 0.29) is 11.7 Å². The van der Waals surface area contributed by atoms with Crippen molar-refractivity contribution in [2.75, 3.05) is 5.75 Å². The van der Waals surface area contributed by atoms with E-state index in [1.54, 1.807) is 18.3 Å². The molecule has 0 saturated heterocycles. The molecule has 0 saturated carbocycles. The Morgan fingerprint density at radius 3 is 3.27 bits per heavy atom. The normalized spacial score (nSPS) is 10.5. The largest absolute Gasteiger partial charge is 0.430 e. The average molecular weight is 224 g/mol. The summed E-state index contributed by atoms with van der Waals surface area (Å²) in [5, 5.41) is 0.410. The molecule has 2 rings (SSSR count). The lowest BCUT2D eigenvalue weighted by molar-refractivity contribution is -0.118. The number of thioether (sulfide) groups is 1. The van der Waals surface area contributed by atoms with Crippen LogP contribution in [0.4, 0.5) is 0 Å². The smallest absolute Gasteiger partial charge is 0.258 e. The van der Waals surface area contributed by atoms with Gasteiger partial charge in [-0.05, 0) is 12.1 Å². The molecule has 0 atom stereocenters. The monoisotopic (exact) mass is 224 g/mol. The van der Waals surface area contributed by atoms with Gasteiger partial charge in [-0.2, -0.15) is 4.98 Å². The first-order valence-corrected chi connectivity index (χ1v) is 5.12. The Hall–Kier alpha value is -1.60. The van der Waals surface area contributed by atoms with Gasteiger partial charge < -0.3 is 4.42 Å². The summed E-state index contributed by atoms with van der Waals surface area (Å²) >= 11 is 1.17. The highest BCUT2D eigenvalue weighted by molar-refractivity contribution is 7.99. The van der Waals surface area contributed by atoms with Crippen molar-refractivity contribution in [2.24, 2.45) is 5.84 Å². The van der Waals surface area contributed by atoms with Crippen LogP contribution in [-0.2, 0) is 4.79 Å². The van der Waals surface area contributed by atoms with Crippen molar-refractivity contribution in [1.29, 1.82) is 0 Å². The van der Waals surface area contributed by atoms with Crippen molar-refractivity contribution < 1.29 is 9.21 Å². The van der Waals surface area contributed by atoms with E-state index in [1.807, 2.05) is 5.43 Å². The average Bonchev–Trinajstić information content (AvgIpc) is 2.68. The minimum Gasteiger partial charge on any atom is -0.430 e. The van der Waals surface area contributed by atoms with Gasteiger partial charge in [-0.1, -0.05) is 11.8 Å². The lowest BCUT2D eigenvalue weighted by Gasteiger charge is -1.94. The second kappa shape index (κ2) is 4.28. The first-order chi connectivity index (χ1) is 7.29. The summed E-state index contributed by atoms with van der Waals surface area (Å²) in [7, 11) is 0. The number of nitrogens with two attached hydrogens (primary N) is 1. The number of hydrogen-bond donors (Lipinski definition) is 2. The molecule has 2 aromatic heterocycles. The molecule has 0 aliphatic heterocycles. The van der Waals surface area contributed by atoms with E-state index >= 15 is 0 Å². The molecule has 78 valence electrons. The fraction of sp³-hybridized carbons (Fsp3) is 0.125. The molecule has 0 radical (unpaired) electrons. The number of rotatable bonds is 3. The third-order valence-electron chi connectivity index (χ3n) is 1.63. The second-order valence-corrected chi connectivity index (χ2v) is 3.59. The Bertz CT molecular complexity index is 451. The van der Waals surface area contributed by atoms with Gasteiger partial charge in [-0.15, -0.1) is 0 Å². The van der Waals surface area contributed by atoms with Crippen LogP contribution in [0, 0.1) is 0 Å². The van der Waals surface area contributed by atoms with Crippen LogP contribution in [0.25, 0.3) is 11.2 Å². The molecule has 0 aliphatic rings. The van der Waals surface area contributed by atoms with E-state index in [4.69, 9.17) is 10.3 Å². The number of nitrogens with one attached hydrogen (secondary N) is 1. The summed E-state index contributed by atoms with van der Waals surface area (Å²) < 4.78 is 5.33. The van der Waals surface area contributed by atoms with Crippen molar-refractivity contribution in [1.82, 2.24) is 15.4 Å². The first-order valence-electron chi connectivity index (χ1n) is 4.13. The molecule has 0 spiro atoms. The number of amides is 1. The molecule has 3 N–H and O–H groups in total. The van der Waals surface area contributed by atoms with E-state index in [0.717, 1.165) is 0 Å². The molecular weight excluding hydrogens is 216 g/mol. The van der Waals surface area contributed by atoms with Crippen molar-refractivity contribution in [3.05, 3.63) is 18.3 Å². The summed E-state index contributed by atoms with van der Waals surface area (Å²) in [5.41, 5.74) is 3.16. The molecular formula is C8H8N4O2S. The van der Waals surface area contributed by atoms with Gasteiger partial charge in [-0.25, -0.2) is 10.8 Å². The minimum atomic E-state index is -0.282. The van der Waals surface area contributed by atoms with Gasteiger partial charge in [0, 0.05) is 6.20 Å². The first kappa shape index (κ1) is 9.94. The number of carbonyl (C=O) groups is 1. The van der Waals surface area contributed by atoms with Crippen LogP contribution in [0.3, 0.4) is 0 Å². The Balaban J connectivity index is 2.12. The highest BCUT2D eigenvalue weighted by atomic mass is 32.2. The number of carbonyl (C=O) groups excluding carboxylic acids is 1. The molecule has 0 aliphatic carbocycles. The maximum Gasteiger partial charge on any atom is 0.258 e. The minimum absolute atomic E-state index is 0.170. The maximum atomic E-state index is 10.9. The summed E-state index contributed by atoms with van der Waals surface area (Å²) in [4.78, 5) is 18.9. The number of aromatic nitrogens is 2. The fourth-order valence-electron chi connectivity index (χ4n) is 0.980. The topological polar surface area (TPSA) is 94.0 Å². The number of oxazole rings is 1. The maximum absolute atomic E-state index is 10.9. The van der Waals surface area contributed by atoms with E-state index in [1.165, 1.54) is 11.8 Å². The zero-order chi connectivity index (χ0) is 10.7. The number of pyridine rings is 1. The van der Waals surface area contributed by atoms with Crippen molar-refractivity contribution in [2.45, 2.75) is 5.22 Å². The molecule has 2 heterocycles. The van der Waals surface area contributed by atoms with E-state index in [0.29, 0.717) is 16.5 Å². The third-order valence-corrected chi connectivity index (χ3v) is 2.46.